The normalized spacial score (nSPS) is 10.5. The molecule has 4 nitrogen and oxygen atoms in total. The molecule has 0 atom stereocenters. The van der Waals surface area contributed by atoms with Crippen LogP contribution in [0.4, 0.5) is 5.69 Å². The second-order valence-corrected chi connectivity index (χ2v) is 6.43. The first-order valence-corrected chi connectivity index (χ1v) is 8.53. The summed E-state index contributed by atoms with van der Waals surface area (Å²) in [6.45, 7) is 3.52. The minimum absolute atomic E-state index is 0.0896. The Bertz CT molecular complexity index is 945. The quantitative estimate of drug-likeness (QED) is 0.619. The maximum Gasteiger partial charge on any atom is 0.260 e. The topological polar surface area (TPSA) is 59.3 Å². The molecule has 1 aromatic heterocycles. The van der Waals surface area contributed by atoms with Crippen LogP contribution in [-0.4, -0.2) is 11.7 Å². The van der Waals surface area contributed by atoms with Gasteiger partial charge in [0.05, 0.1) is 10.0 Å². The number of halogens is 1. The molecule has 0 spiro atoms. The zero-order valence-electron chi connectivity index (χ0n) is 13.8. The predicted octanol–water partition coefficient (Wildman–Crippen LogP) is 5.14. The number of hydrogen-bond donors (Lipinski definition) is 1. The fraction of sp³-hybridized carbons (Fsp3) is 0.100. The van der Waals surface area contributed by atoms with E-state index in [2.05, 4.69) is 21.2 Å². The Balaban J connectivity index is 1.85. The highest BCUT2D eigenvalue weighted by molar-refractivity contribution is 9.10. The smallest absolute Gasteiger partial charge is 0.260 e. The number of hydrogen-bond acceptors (Lipinski definition) is 3. The van der Waals surface area contributed by atoms with Gasteiger partial charge < -0.3 is 9.73 Å². The van der Waals surface area contributed by atoms with Crippen molar-refractivity contribution in [3.63, 3.8) is 0 Å². The van der Waals surface area contributed by atoms with Gasteiger partial charge in [0.1, 0.15) is 11.5 Å². The van der Waals surface area contributed by atoms with Gasteiger partial charge in [-0.2, -0.15) is 0 Å². The van der Waals surface area contributed by atoms with E-state index < -0.39 is 0 Å². The first-order valence-electron chi connectivity index (χ1n) is 7.74. The number of nitrogens with one attached hydrogen (secondary N) is 1. The summed E-state index contributed by atoms with van der Waals surface area (Å²) < 4.78 is 6.10. The van der Waals surface area contributed by atoms with Gasteiger partial charge in [-0.1, -0.05) is 42.5 Å². The summed E-state index contributed by atoms with van der Waals surface area (Å²) in [6.07, 6.45) is 0. The zero-order chi connectivity index (χ0) is 18.0. The average molecular weight is 398 g/mol. The van der Waals surface area contributed by atoms with Crippen LogP contribution in [0, 0.1) is 13.8 Å². The standard InChI is InChI=1S/C20H16BrNO3/c1-12-17(18(21)13(2)25-12)20(24)22-16-10-6-9-15(11-16)19(23)14-7-4-3-5-8-14/h3-11H,1-2H3,(H,22,24). The van der Waals surface area contributed by atoms with E-state index in [0.29, 0.717) is 38.4 Å². The van der Waals surface area contributed by atoms with E-state index in [1.165, 1.54) is 0 Å². The summed E-state index contributed by atoms with van der Waals surface area (Å²) in [5.41, 5.74) is 2.13. The van der Waals surface area contributed by atoms with Gasteiger partial charge >= 0.3 is 0 Å². The molecule has 0 unspecified atom stereocenters. The van der Waals surface area contributed by atoms with Crippen LogP contribution in [0.1, 0.15) is 37.8 Å². The Labute approximate surface area is 154 Å². The van der Waals surface area contributed by atoms with Gasteiger partial charge in [-0.05, 0) is 41.9 Å². The molecule has 0 fully saturated rings. The third kappa shape index (κ3) is 3.56. The number of furan rings is 1. The minimum Gasteiger partial charge on any atom is -0.465 e. The molecule has 0 saturated carbocycles. The summed E-state index contributed by atoms with van der Waals surface area (Å²) in [7, 11) is 0. The van der Waals surface area contributed by atoms with Crippen LogP contribution in [0.25, 0.3) is 0 Å². The fourth-order valence-corrected chi connectivity index (χ4v) is 3.14. The van der Waals surface area contributed by atoms with Gasteiger partial charge in [0.15, 0.2) is 5.78 Å². The summed E-state index contributed by atoms with van der Waals surface area (Å²) in [4.78, 5) is 25.1. The molecule has 2 aromatic carbocycles. The van der Waals surface area contributed by atoms with Crippen molar-refractivity contribution in [1.29, 1.82) is 0 Å². The van der Waals surface area contributed by atoms with E-state index in [4.69, 9.17) is 4.42 Å². The molecule has 0 saturated heterocycles. The predicted molar refractivity (Wildman–Crippen MR) is 100 cm³/mol. The fourth-order valence-electron chi connectivity index (χ4n) is 2.60. The third-order valence-electron chi connectivity index (χ3n) is 3.83. The molecule has 0 aliphatic rings. The molecule has 3 rings (SSSR count). The largest absolute Gasteiger partial charge is 0.465 e. The zero-order valence-corrected chi connectivity index (χ0v) is 15.4. The van der Waals surface area contributed by atoms with E-state index in [-0.39, 0.29) is 11.7 Å². The lowest BCUT2D eigenvalue weighted by Gasteiger charge is -2.07. The van der Waals surface area contributed by atoms with Crippen molar-refractivity contribution in [3.05, 3.63) is 87.3 Å². The van der Waals surface area contributed by atoms with Crippen LogP contribution in [0.2, 0.25) is 0 Å². The molecule has 1 heterocycles. The Morgan fingerprint density at radius 1 is 0.920 bits per heavy atom. The Kier molecular flexibility index (Phi) is 4.86. The van der Waals surface area contributed by atoms with Crippen LogP contribution in [0.5, 0.6) is 0 Å². The van der Waals surface area contributed by atoms with Crippen molar-refractivity contribution in [3.8, 4) is 0 Å². The molecule has 126 valence electrons. The van der Waals surface area contributed by atoms with Crippen LogP contribution in [0.3, 0.4) is 0 Å². The van der Waals surface area contributed by atoms with Crippen molar-refractivity contribution in [1.82, 2.24) is 0 Å². The third-order valence-corrected chi connectivity index (χ3v) is 4.79. The molecule has 1 amide bonds. The number of rotatable bonds is 4. The molecule has 25 heavy (non-hydrogen) atoms. The molecular formula is C20H16BrNO3. The van der Waals surface area contributed by atoms with Crippen LogP contribution in [0.15, 0.2) is 63.5 Å². The van der Waals surface area contributed by atoms with Gasteiger partial charge in [-0.3, -0.25) is 9.59 Å². The highest BCUT2D eigenvalue weighted by Gasteiger charge is 2.20. The van der Waals surface area contributed by atoms with Crippen molar-refractivity contribution < 1.29 is 14.0 Å². The number of aryl methyl sites for hydroxylation is 2. The number of ketones is 1. The second kappa shape index (κ2) is 7.07. The van der Waals surface area contributed by atoms with E-state index >= 15 is 0 Å². The lowest BCUT2D eigenvalue weighted by Crippen LogP contribution is -2.13. The molecule has 0 aliphatic carbocycles. The summed E-state index contributed by atoms with van der Waals surface area (Å²) in [5, 5.41) is 2.82. The van der Waals surface area contributed by atoms with Gasteiger partial charge in [0, 0.05) is 16.8 Å². The minimum atomic E-state index is -0.287. The first-order chi connectivity index (χ1) is 12.0. The highest BCUT2D eigenvalue weighted by atomic mass is 79.9. The van der Waals surface area contributed by atoms with E-state index in [1.807, 2.05) is 18.2 Å². The van der Waals surface area contributed by atoms with Crippen LogP contribution < -0.4 is 5.32 Å². The molecule has 0 aliphatic heterocycles. The SMILES string of the molecule is Cc1oc(C)c(C(=O)Nc2cccc(C(=O)c3ccccc3)c2)c1Br. The molecular weight excluding hydrogens is 382 g/mol. The molecule has 5 heteroatoms. The van der Waals surface area contributed by atoms with Gasteiger partial charge in [0.25, 0.3) is 5.91 Å². The van der Waals surface area contributed by atoms with Gasteiger partial charge in [0.2, 0.25) is 0 Å². The maximum atomic E-state index is 12.5. The highest BCUT2D eigenvalue weighted by Crippen LogP contribution is 2.28. The monoisotopic (exact) mass is 397 g/mol. The summed E-state index contributed by atoms with van der Waals surface area (Å²) in [5.74, 6) is 0.813. The van der Waals surface area contributed by atoms with Gasteiger partial charge in [-0.15, -0.1) is 0 Å². The van der Waals surface area contributed by atoms with Crippen LogP contribution in [-0.2, 0) is 0 Å². The first kappa shape index (κ1) is 17.2. The van der Waals surface area contributed by atoms with E-state index in [1.54, 1.807) is 50.2 Å². The molecule has 1 N–H and O–H groups in total. The Morgan fingerprint density at radius 3 is 2.24 bits per heavy atom. The van der Waals surface area contributed by atoms with Crippen molar-refractivity contribution in [2.75, 3.05) is 5.32 Å². The second-order valence-electron chi connectivity index (χ2n) is 5.63. The van der Waals surface area contributed by atoms with Crippen molar-refractivity contribution in [2.45, 2.75) is 13.8 Å². The average Bonchev–Trinajstić information content (AvgIpc) is 2.87. The van der Waals surface area contributed by atoms with Gasteiger partial charge in [-0.25, -0.2) is 0 Å². The Morgan fingerprint density at radius 2 is 1.60 bits per heavy atom. The van der Waals surface area contributed by atoms with Crippen molar-refractivity contribution >= 4 is 33.3 Å². The number of benzene rings is 2. The number of anilines is 1. The molecule has 0 bridgehead atoms. The molecule has 0 radical (unpaired) electrons. The number of carbonyl (C=O) groups is 2. The van der Waals surface area contributed by atoms with E-state index in [0.717, 1.165) is 0 Å². The lowest BCUT2D eigenvalue weighted by atomic mass is 10.0. The molecule has 3 aromatic rings. The summed E-state index contributed by atoms with van der Waals surface area (Å²) >= 11 is 3.37. The summed E-state index contributed by atoms with van der Waals surface area (Å²) in [6, 6.07) is 15.9. The lowest BCUT2D eigenvalue weighted by molar-refractivity contribution is 0.101. The number of carbonyl (C=O) groups excluding carboxylic acids is 2. The number of amides is 1. The maximum absolute atomic E-state index is 12.5. The van der Waals surface area contributed by atoms with E-state index in [9.17, 15) is 9.59 Å². The van der Waals surface area contributed by atoms with Crippen LogP contribution >= 0.6 is 15.9 Å². The Hall–Kier alpha value is -2.66. The van der Waals surface area contributed by atoms with Crippen molar-refractivity contribution in [2.24, 2.45) is 0 Å².